The van der Waals surface area contributed by atoms with Gasteiger partial charge in [0.25, 0.3) is 0 Å². The number of halogens is 3. The van der Waals surface area contributed by atoms with Crippen LogP contribution in [0.3, 0.4) is 0 Å². The van der Waals surface area contributed by atoms with E-state index in [9.17, 15) is 8.78 Å². The van der Waals surface area contributed by atoms with Crippen LogP contribution in [0.5, 0.6) is 5.75 Å². The lowest BCUT2D eigenvalue weighted by atomic mass is 9.98. The molecule has 0 amide bonds. The summed E-state index contributed by atoms with van der Waals surface area (Å²) in [6, 6.07) is 8.30. The first-order valence-corrected chi connectivity index (χ1v) is 6.95. The van der Waals surface area contributed by atoms with E-state index in [1.54, 1.807) is 25.3 Å². The van der Waals surface area contributed by atoms with Gasteiger partial charge in [0, 0.05) is 11.1 Å². The molecule has 0 saturated heterocycles. The molecule has 1 atom stereocenters. The minimum Gasteiger partial charge on any atom is -0.497 e. The number of ether oxygens (including phenoxy) is 1. The lowest BCUT2D eigenvalue weighted by molar-refractivity contribution is 0.414. The highest BCUT2D eigenvalue weighted by atomic mass is 35.5. The Bertz CT molecular complexity index is 613. The Morgan fingerprint density at radius 1 is 1.14 bits per heavy atom. The van der Waals surface area contributed by atoms with Gasteiger partial charge in [0.2, 0.25) is 0 Å². The number of hydrogen-bond donors (Lipinski definition) is 1. The van der Waals surface area contributed by atoms with E-state index in [2.05, 4.69) is 5.32 Å². The van der Waals surface area contributed by atoms with Crippen LogP contribution in [0.1, 0.15) is 24.1 Å². The third-order valence-corrected chi connectivity index (χ3v) is 3.47. The monoisotopic (exact) mass is 311 g/mol. The predicted octanol–water partition coefficient (Wildman–Crippen LogP) is 4.33. The fraction of sp³-hybridized carbons (Fsp3) is 0.250. The van der Waals surface area contributed by atoms with Gasteiger partial charge in [0.15, 0.2) is 0 Å². The smallest absolute Gasteiger partial charge is 0.126 e. The number of methoxy groups -OCH3 is 1. The Kier molecular flexibility index (Phi) is 5.15. The number of rotatable bonds is 5. The molecule has 2 aromatic rings. The summed E-state index contributed by atoms with van der Waals surface area (Å²) in [6.07, 6.45) is 0. The van der Waals surface area contributed by atoms with Gasteiger partial charge in [-0.2, -0.15) is 0 Å². The van der Waals surface area contributed by atoms with E-state index in [1.807, 2.05) is 6.92 Å². The van der Waals surface area contributed by atoms with Crippen molar-refractivity contribution in [3.63, 3.8) is 0 Å². The molecule has 2 rings (SSSR count). The van der Waals surface area contributed by atoms with Crippen LogP contribution in [0.25, 0.3) is 0 Å². The Balaban J connectivity index is 2.47. The summed E-state index contributed by atoms with van der Waals surface area (Å²) in [7, 11) is 1.55. The minimum absolute atomic E-state index is 0.390. The summed E-state index contributed by atoms with van der Waals surface area (Å²) in [6.45, 7) is 2.55. The SMILES string of the molecule is CCNC(c1cc(F)cc(F)c1)c1ccc(OC)cc1Cl. The highest BCUT2D eigenvalue weighted by molar-refractivity contribution is 6.31. The van der Waals surface area contributed by atoms with Gasteiger partial charge in [0.05, 0.1) is 13.2 Å². The molecule has 2 aromatic carbocycles. The molecule has 5 heteroatoms. The third-order valence-electron chi connectivity index (χ3n) is 3.15. The maximum absolute atomic E-state index is 13.4. The second-order valence-electron chi connectivity index (χ2n) is 4.58. The second kappa shape index (κ2) is 6.87. The lowest BCUT2D eigenvalue weighted by Crippen LogP contribution is -2.22. The zero-order chi connectivity index (χ0) is 15.4. The van der Waals surface area contributed by atoms with Gasteiger partial charge >= 0.3 is 0 Å². The first kappa shape index (κ1) is 15.7. The largest absolute Gasteiger partial charge is 0.497 e. The van der Waals surface area contributed by atoms with E-state index in [4.69, 9.17) is 16.3 Å². The third kappa shape index (κ3) is 3.71. The maximum atomic E-state index is 13.4. The van der Waals surface area contributed by atoms with Gasteiger partial charge < -0.3 is 10.1 Å². The molecule has 0 spiro atoms. The van der Waals surface area contributed by atoms with Crippen molar-refractivity contribution in [2.75, 3.05) is 13.7 Å². The van der Waals surface area contributed by atoms with E-state index < -0.39 is 17.7 Å². The van der Waals surface area contributed by atoms with Crippen molar-refractivity contribution in [3.05, 3.63) is 64.2 Å². The van der Waals surface area contributed by atoms with E-state index >= 15 is 0 Å². The quantitative estimate of drug-likeness (QED) is 0.887. The Morgan fingerprint density at radius 3 is 2.33 bits per heavy atom. The summed E-state index contributed by atoms with van der Waals surface area (Å²) in [5, 5.41) is 3.67. The lowest BCUT2D eigenvalue weighted by Gasteiger charge is -2.20. The summed E-state index contributed by atoms with van der Waals surface area (Å²) < 4.78 is 32.0. The van der Waals surface area contributed by atoms with Crippen molar-refractivity contribution in [3.8, 4) is 5.75 Å². The molecule has 2 nitrogen and oxygen atoms in total. The first-order valence-electron chi connectivity index (χ1n) is 6.58. The molecule has 0 heterocycles. The molecular formula is C16H16ClF2NO. The number of nitrogens with one attached hydrogen (secondary N) is 1. The van der Waals surface area contributed by atoms with Gasteiger partial charge in [-0.1, -0.05) is 24.6 Å². The van der Waals surface area contributed by atoms with Crippen molar-refractivity contribution >= 4 is 11.6 Å². The van der Waals surface area contributed by atoms with Crippen LogP contribution in [-0.4, -0.2) is 13.7 Å². The molecule has 0 aliphatic heterocycles. The molecule has 0 aliphatic rings. The summed E-state index contributed by atoms with van der Waals surface area (Å²) >= 11 is 6.26. The van der Waals surface area contributed by atoms with E-state index in [-0.39, 0.29) is 0 Å². The molecule has 1 N–H and O–H groups in total. The summed E-state index contributed by atoms with van der Waals surface area (Å²) in [5.74, 6) is -0.598. The zero-order valence-electron chi connectivity index (χ0n) is 11.8. The number of benzene rings is 2. The minimum atomic E-state index is -0.613. The molecule has 0 bridgehead atoms. The molecule has 0 aliphatic carbocycles. The fourth-order valence-electron chi connectivity index (χ4n) is 2.22. The molecule has 0 radical (unpaired) electrons. The molecule has 0 fully saturated rings. The zero-order valence-corrected chi connectivity index (χ0v) is 12.5. The van der Waals surface area contributed by atoms with Crippen LogP contribution in [0.2, 0.25) is 5.02 Å². The van der Waals surface area contributed by atoms with E-state index in [0.29, 0.717) is 22.9 Å². The van der Waals surface area contributed by atoms with E-state index in [1.165, 1.54) is 12.1 Å². The Labute approximate surface area is 127 Å². The Morgan fingerprint density at radius 2 is 1.81 bits per heavy atom. The first-order chi connectivity index (χ1) is 10.0. The van der Waals surface area contributed by atoms with Crippen LogP contribution in [0.4, 0.5) is 8.78 Å². The van der Waals surface area contributed by atoms with Gasteiger partial charge in [-0.25, -0.2) is 8.78 Å². The molecule has 21 heavy (non-hydrogen) atoms. The average molecular weight is 312 g/mol. The van der Waals surface area contributed by atoms with Crippen LogP contribution in [0.15, 0.2) is 36.4 Å². The highest BCUT2D eigenvalue weighted by Crippen LogP contribution is 2.31. The van der Waals surface area contributed by atoms with Crippen LogP contribution < -0.4 is 10.1 Å². The van der Waals surface area contributed by atoms with Gasteiger partial charge in [-0.05, 0) is 41.9 Å². The summed E-state index contributed by atoms with van der Waals surface area (Å²) in [5.41, 5.74) is 1.23. The molecule has 0 saturated carbocycles. The van der Waals surface area contributed by atoms with Crippen molar-refractivity contribution < 1.29 is 13.5 Å². The van der Waals surface area contributed by atoms with E-state index in [0.717, 1.165) is 11.6 Å². The molecule has 0 aromatic heterocycles. The maximum Gasteiger partial charge on any atom is 0.126 e. The topological polar surface area (TPSA) is 21.3 Å². The van der Waals surface area contributed by atoms with Crippen molar-refractivity contribution in [2.24, 2.45) is 0 Å². The second-order valence-corrected chi connectivity index (χ2v) is 4.99. The van der Waals surface area contributed by atoms with Crippen molar-refractivity contribution in [1.82, 2.24) is 5.32 Å². The predicted molar refractivity (Wildman–Crippen MR) is 79.9 cm³/mol. The average Bonchev–Trinajstić information content (AvgIpc) is 2.44. The van der Waals surface area contributed by atoms with Crippen molar-refractivity contribution in [2.45, 2.75) is 13.0 Å². The van der Waals surface area contributed by atoms with Gasteiger partial charge in [0.1, 0.15) is 17.4 Å². The van der Waals surface area contributed by atoms with Crippen LogP contribution in [0, 0.1) is 11.6 Å². The number of hydrogen-bond acceptors (Lipinski definition) is 2. The van der Waals surface area contributed by atoms with Crippen LogP contribution in [-0.2, 0) is 0 Å². The van der Waals surface area contributed by atoms with Crippen molar-refractivity contribution in [1.29, 1.82) is 0 Å². The van der Waals surface area contributed by atoms with Crippen LogP contribution >= 0.6 is 11.6 Å². The standard InChI is InChI=1S/C16H16ClF2NO/c1-3-20-16(10-6-11(18)8-12(19)7-10)14-5-4-13(21-2)9-15(14)17/h4-9,16,20H,3H2,1-2H3. The van der Waals surface area contributed by atoms with Gasteiger partial charge in [-0.15, -0.1) is 0 Å². The Hall–Kier alpha value is -1.65. The summed E-state index contributed by atoms with van der Waals surface area (Å²) in [4.78, 5) is 0. The fourth-order valence-corrected chi connectivity index (χ4v) is 2.50. The normalized spacial score (nSPS) is 12.2. The highest BCUT2D eigenvalue weighted by Gasteiger charge is 2.18. The van der Waals surface area contributed by atoms with Gasteiger partial charge in [-0.3, -0.25) is 0 Å². The molecule has 112 valence electrons. The molecule has 1 unspecified atom stereocenters. The molecular weight excluding hydrogens is 296 g/mol.